The van der Waals surface area contributed by atoms with Gasteiger partial charge in [0.25, 0.3) is 0 Å². The molecule has 0 bridgehead atoms. The number of rotatable bonds is 5. The standard InChI is InChI=1S/C12H20N6O/c1-3-9(2)13-11(19)8-18-6-4-5-10(7-18)12-14-16-17-15-12/h5,9H,3-4,6-8H2,1-2H3,(H,13,19)(H,14,15,16,17). The second kappa shape index (κ2) is 6.42. The molecule has 0 radical (unpaired) electrons. The molecule has 1 aromatic heterocycles. The highest BCUT2D eigenvalue weighted by atomic mass is 16.2. The smallest absolute Gasteiger partial charge is 0.234 e. The predicted molar refractivity (Wildman–Crippen MR) is 71.1 cm³/mol. The number of hydrogen-bond acceptors (Lipinski definition) is 5. The quantitative estimate of drug-likeness (QED) is 0.793. The maximum Gasteiger partial charge on any atom is 0.234 e. The van der Waals surface area contributed by atoms with Crippen molar-refractivity contribution in [3.63, 3.8) is 0 Å². The van der Waals surface area contributed by atoms with E-state index < -0.39 is 0 Å². The zero-order chi connectivity index (χ0) is 13.7. The van der Waals surface area contributed by atoms with Crippen LogP contribution >= 0.6 is 0 Å². The van der Waals surface area contributed by atoms with Crippen LogP contribution in [0.25, 0.3) is 5.57 Å². The lowest BCUT2D eigenvalue weighted by Crippen LogP contribution is -2.42. The molecule has 0 fully saturated rings. The molecule has 7 nitrogen and oxygen atoms in total. The molecule has 1 aromatic rings. The summed E-state index contributed by atoms with van der Waals surface area (Å²) in [5.74, 6) is 0.691. The molecule has 1 aliphatic rings. The van der Waals surface area contributed by atoms with Gasteiger partial charge in [-0.05, 0) is 25.0 Å². The van der Waals surface area contributed by atoms with Gasteiger partial charge in [-0.2, -0.15) is 5.21 Å². The molecule has 0 saturated carbocycles. The Morgan fingerprint density at radius 2 is 2.47 bits per heavy atom. The minimum atomic E-state index is 0.0729. The Hall–Kier alpha value is -1.76. The molecular weight excluding hydrogens is 244 g/mol. The average Bonchev–Trinajstić information content (AvgIpc) is 2.92. The average molecular weight is 264 g/mol. The van der Waals surface area contributed by atoms with Crippen LogP contribution in [0.2, 0.25) is 0 Å². The van der Waals surface area contributed by atoms with Crippen molar-refractivity contribution in [2.24, 2.45) is 0 Å². The van der Waals surface area contributed by atoms with E-state index in [0.717, 1.165) is 25.0 Å². The highest BCUT2D eigenvalue weighted by Gasteiger charge is 2.19. The van der Waals surface area contributed by atoms with Crippen molar-refractivity contribution >= 4 is 11.5 Å². The monoisotopic (exact) mass is 264 g/mol. The van der Waals surface area contributed by atoms with Crippen LogP contribution in [0.15, 0.2) is 6.08 Å². The second-order valence-electron chi connectivity index (χ2n) is 4.84. The molecule has 0 aromatic carbocycles. The highest BCUT2D eigenvalue weighted by molar-refractivity contribution is 5.78. The van der Waals surface area contributed by atoms with E-state index in [1.54, 1.807) is 0 Å². The zero-order valence-corrected chi connectivity index (χ0v) is 11.4. The maximum absolute atomic E-state index is 11.9. The summed E-state index contributed by atoms with van der Waals surface area (Å²) >= 11 is 0. The molecule has 1 unspecified atom stereocenters. The third-order valence-corrected chi connectivity index (χ3v) is 3.25. The molecule has 1 amide bonds. The van der Waals surface area contributed by atoms with Crippen molar-refractivity contribution in [2.45, 2.75) is 32.7 Å². The van der Waals surface area contributed by atoms with Crippen molar-refractivity contribution in [1.29, 1.82) is 0 Å². The van der Waals surface area contributed by atoms with Crippen molar-refractivity contribution in [3.8, 4) is 0 Å². The van der Waals surface area contributed by atoms with Crippen LogP contribution in [-0.2, 0) is 4.79 Å². The van der Waals surface area contributed by atoms with Gasteiger partial charge in [0.1, 0.15) is 0 Å². The molecule has 7 heteroatoms. The van der Waals surface area contributed by atoms with Crippen LogP contribution in [0, 0.1) is 0 Å². The van der Waals surface area contributed by atoms with Crippen LogP contribution in [0.3, 0.4) is 0 Å². The van der Waals surface area contributed by atoms with Crippen molar-refractivity contribution < 1.29 is 4.79 Å². The lowest BCUT2D eigenvalue weighted by Gasteiger charge is -2.26. The molecule has 19 heavy (non-hydrogen) atoms. The van der Waals surface area contributed by atoms with Gasteiger partial charge in [-0.3, -0.25) is 9.69 Å². The molecular formula is C12H20N6O. The first-order valence-corrected chi connectivity index (χ1v) is 6.63. The van der Waals surface area contributed by atoms with Gasteiger partial charge in [0.05, 0.1) is 6.54 Å². The number of aromatic amines is 1. The highest BCUT2D eigenvalue weighted by Crippen LogP contribution is 2.16. The SMILES string of the molecule is CCC(C)NC(=O)CN1CCC=C(c2nn[nH]n2)C1. The minimum absolute atomic E-state index is 0.0729. The molecule has 0 saturated heterocycles. The lowest BCUT2D eigenvalue weighted by atomic mass is 10.1. The van der Waals surface area contributed by atoms with Crippen molar-refractivity contribution in [2.75, 3.05) is 19.6 Å². The van der Waals surface area contributed by atoms with Gasteiger partial charge in [-0.1, -0.05) is 13.0 Å². The molecule has 104 valence electrons. The largest absolute Gasteiger partial charge is 0.353 e. The number of carbonyl (C=O) groups excluding carboxylic acids is 1. The van der Waals surface area contributed by atoms with Gasteiger partial charge in [0.2, 0.25) is 11.7 Å². The number of hydrogen-bond donors (Lipinski definition) is 2. The van der Waals surface area contributed by atoms with Gasteiger partial charge in [0.15, 0.2) is 0 Å². The van der Waals surface area contributed by atoms with E-state index in [0.29, 0.717) is 18.9 Å². The first-order valence-electron chi connectivity index (χ1n) is 6.63. The summed E-state index contributed by atoms with van der Waals surface area (Å²) in [4.78, 5) is 14.0. The molecule has 2 N–H and O–H groups in total. The summed E-state index contributed by atoms with van der Waals surface area (Å²) in [6, 6.07) is 0.226. The number of aromatic nitrogens is 4. The Morgan fingerprint density at radius 1 is 1.63 bits per heavy atom. The molecule has 1 aliphatic heterocycles. The van der Waals surface area contributed by atoms with Gasteiger partial charge < -0.3 is 5.32 Å². The van der Waals surface area contributed by atoms with Crippen molar-refractivity contribution in [1.82, 2.24) is 30.8 Å². The van der Waals surface area contributed by atoms with Gasteiger partial charge in [-0.15, -0.1) is 10.2 Å². The Labute approximate surface area is 112 Å². The topological polar surface area (TPSA) is 86.8 Å². The molecule has 2 heterocycles. The lowest BCUT2D eigenvalue weighted by molar-refractivity contribution is -0.122. The van der Waals surface area contributed by atoms with E-state index in [2.05, 4.69) is 43.8 Å². The molecule has 0 spiro atoms. The fourth-order valence-corrected chi connectivity index (χ4v) is 2.03. The Morgan fingerprint density at radius 3 is 3.16 bits per heavy atom. The minimum Gasteiger partial charge on any atom is -0.353 e. The summed E-state index contributed by atoms with van der Waals surface area (Å²) in [6.07, 6.45) is 3.95. The number of tetrazole rings is 1. The van der Waals surface area contributed by atoms with E-state index >= 15 is 0 Å². The van der Waals surface area contributed by atoms with Crippen LogP contribution in [0.1, 0.15) is 32.5 Å². The van der Waals surface area contributed by atoms with E-state index in [-0.39, 0.29) is 11.9 Å². The van der Waals surface area contributed by atoms with E-state index in [9.17, 15) is 4.79 Å². The van der Waals surface area contributed by atoms with Crippen LogP contribution < -0.4 is 5.32 Å². The van der Waals surface area contributed by atoms with E-state index in [1.165, 1.54) is 0 Å². The van der Waals surface area contributed by atoms with Gasteiger partial charge in [0, 0.05) is 24.7 Å². The number of amides is 1. The number of carbonyl (C=O) groups is 1. The predicted octanol–water partition coefficient (Wildman–Crippen LogP) is 0.204. The fraction of sp³-hybridized carbons (Fsp3) is 0.667. The number of nitrogens with one attached hydrogen (secondary N) is 2. The third-order valence-electron chi connectivity index (χ3n) is 3.25. The van der Waals surface area contributed by atoms with Gasteiger partial charge in [-0.25, -0.2) is 0 Å². The molecule has 2 rings (SSSR count). The Balaban J connectivity index is 1.87. The van der Waals surface area contributed by atoms with Crippen LogP contribution in [-0.4, -0.2) is 57.1 Å². The summed E-state index contributed by atoms with van der Waals surface area (Å²) < 4.78 is 0. The van der Waals surface area contributed by atoms with Gasteiger partial charge >= 0.3 is 0 Å². The van der Waals surface area contributed by atoms with E-state index in [1.807, 2.05) is 6.92 Å². The third kappa shape index (κ3) is 3.85. The summed E-state index contributed by atoms with van der Waals surface area (Å²) in [7, 11) is 0. The van der Waals surface area contributed by atoms with Crippen LogP contribution in [0.4, 0.5) is 0 Å². The fourth-order valence-electron chi connectivity index (χ4n) is 2.03. The van der Waals surface area contributed by atoms with Crippen LogP contribution in [0.5, 0.6) is 0 Å². The number of H-pyrrole nitrogens is 1. The number of nitrogens with zero attached hydrogens (tertiary/aromatic N) is 4. The summed E-state index contributed by atoms with van der Waals surface area (Å²) in [6.45, 7) is 6.06. The normalized spacial score (nSPS) is 17.9. The van der Waals surface area contributed by atoms with E-state index in [4.69, 9.17) is 0 Å². The molecule has 1 atom stereocenters. The zero-order valence-electron chi connectivity index (χ0n) is 11.4. The summed E-state index contributed by atoms with van der Waals surface area (Å²) in [5, 5.41) is 16.9. The molecule has 0 aliphatic carbocycles. The second-order valence-corrected chi connectivity index (χ2v) is 4.84. The Bertz CT molecular complexity index is 441. The first-order chi connectivity index (χ1) is 9.19. The summed E-state index contributed by atoms with van der Waals surface area (Å²) in [5.41, 5.74) is 1.02. The van der Waals surface area contributed by atoms with Crippen molar-refractivity contribution in [3.05, 3.63) is 11.9 Å². The Kier molecular flexibility index (Phi) is 4.62. The maximum atomic E-state index is 11.9. The first kappa shape index (κ1) is 13.7.